The minimum atomic E-state index is -0.387. The lowest BCUT2D eigenvalue weighted by Crippen LogP contribution is -2.23. The van der Waals surface area contributed by atoms with Crippen molar-refractivity contribution in [3.63, 3.8) is 0 Å². The molecule has 0 aliphatic rings. The Labute approximate surface area is 176 Å². The minimum absolute atomic E-state index is 0.0170. The number of nitrogens with zero attached hydrogens (tertiary/aromatic N) is 2. The van der Waals surface area contributed by atoms with E-state index in [1.165, 1.54) is 59.8 Å². The number of hydrogen-bond acceptors (Lipinski definition) is 5. The molecule has 0 fully saturated rings. The van der Waals surface area contributed by atoms with E-state index in [1.54, 1.807) is 18.2 Å². The van der Waals surface area contributed by atoms with Gasteiger partial charge < -0.3 is 9.84 Å². The largest absolute Gasteiger partial charge is 0.504 e. The highest BCUT2D eigenvalue weighted by atomic mass is 32.1. The van der Waals surface area contributed by atoms with E-state index in [1.807, 2.05) is 24.3 Å². The van der Waals surface area contributed by atoms with Crippen LogP contribution in [0.25, 0.3) is 16.3 Å². The average Bonchev–Trinajstić information content (AvgIpc) is 3.18. The molecule has 0 unspecified atom stereocenters. The van der Waals surface area contributed by atoms with E-state index in [4.69, 9.17) is 4.74 Å². The van der Waals surface area contributed by atoms with Crippen molar-refractivity contribution in [1.82, 2.24) is 4.98 Å². The van der Waals surface area contributed by atoms with Crippen LogP contribution in [0.5, 0.6) is 11.5 Å². The molecular weight excluding hydrogens is 403 g/mol. The van der Waals surface area contributed by atoms with E-state index in [0.29, 0.717) is 22.1 Å². The highest BCUT2D eigenvalue weighted by Gasteiger charge is 2.20. The lowest BCUT2D eigenvalue weighted by atomic mass is 10.2. The molecule has 0 bridgehead atoms. The number of benzene rings is 3. The van der Waals surface area contributed by atoms with Gasteiger partial charge in [0.25, 0.3) is 5.91 Å². The fourth-order valence-corrected chi connectivity index (χ4v) is 3.91. The molecule has 7 heteroatoms. The first-order valence-corrected chi connectivity index (χ1v) is 9.87. The number of aromatic nitrogens is 1. The molecule has 0 radical (unpaired) electrons. The number of phenols is 1. The summed E-state index contributed by atoms with van der Waals surface area (Å²) in [5.74, 6) is -0.399. The van der Waals surface area contributed by atoms with E-state index in [0.717, 1.165) is 10.2 Å². The van der Waals surface area contributed by atoms with Crippen LogP contribution in [0.2, 0.25) is 0 Å². The predicted molar refractivity (Wildman–Crippen MR) is 117 cm³/mol. The fourth-order valence-electron chi connectivity index (χ4n) is 2.92. The molecule has 0 saturated heterocycles. The summed E-state index contributed by atoms with van der Waals surface area (Å²) in [4.78, 5) is 19.1. The summed E-state index contributed by atoms with van der Waals surface area (Å²) in [7, 11) is 1.46. The fraction of sp³-hybridized carbons (Fsp3) is 0.0435. The van der Waals surface area contributed by atoms with Gasteiger partial charge in [0.05, 0.1) is 23.0 Å². The lowest BCUT2D eigenvalue weighted by Gasteiger charge is -2.18. The van der Waals surface area contributed by atoms with Gasteiger partial charge in [-0.2, -0.15) is 0 Å². The molecule has 0 spiro atoms. The Morgan fingerprint density at radius 2 is 1.90 bits per heavy atom. The zero-order chi connectivity index (χ0) is 21.1. The SMILES string of the molecule is COc1cc(C=CC(=O)N(c2ccc(F)cc2)c2nc3ccccc3s2)ccc1O. The molecule has 0 aliphatic heterocycles. The normalized spacial score (nSPS) is 11.1. The van der Waals surface area contributed by atoms with E-state index >= 15 is 0 Å². The predicted octanol–water partition coefficient (Wildman–Crippen LogP) is 5.53. The van der Waals surface area contributed by atoms with Gasteiger partial charge in [-0.25, -0.2) is 9.37 Å². The average molecular weight is 420 g/mol. The third-order valence-corrected chi connectivity index (χ3v) is 5.42. The number of fused-ring (bicyclic) bond motifs is 1. The molecule has 1 N–H and O–H groups in total. The van der Waals surface area contributed by atoms with Crippen LogP contribution in [0.4, 0.5) is 15.2 Å². The van der Waals surface area contributed by atoms with Crippen LogP contribution in [0.1, 0.15) is 5.56 Å². The highest BCUT2D eigenvalue weighted by molar-refractivity contribution is 7.22. The van der Waals surface area contributed by atoms with Gasteiger partial charge in [-0.05, 0) is 60.2 Å². The number of anilines is 2. The van der Waals surface area contributed by atoms with Crippen molar-refractivity contribution >= 4 is 44.4 Å². The number of phenolic OH excluding ortho intramolecular Hbond substituents is 1. The quantitative estimate of drug-likeness (QED) is 0.432. The van der Waals surface area contributed by atoms with Crippen LogP contribution in [-0.4, -0.2) is 23.1 Å². The van der Waals surface area contributed by atoms with Crippen LogP contribution in [-0.2, 0) is 4.79 Å². The number of carbonyl (C=O) groups excluding carboxylic acids is 1. The van der Waals surface area contributed by atoms with E-state index in [2.05, 4.69) is 4.98 Å². The van der Waals surface area contributed by atoms with Gasteiger partial charge in [0.1, 0.15) is 5.82 Å². The number of hydrogen-bond donors (Lipinski definition) is 1. The van der Waals surface area contributed by atoms with Crippen LogP contribution < -0.4 is 9.64 Å². The van der Waals surface area contributed by atoms with Crippen LogP contribution in [0.15, 0.2) is 72.8 Å². The standard InChI is InChI=1S/C23H17FN2O3S/c1-29-20-14-15(6-12-19(20)27)7-13-22(28)26(17-10-8-16(24)9-11-17)23-25-18-4-2-3-5-21(18)30-23/h2-14,27H,1H3. The molecule has 0 aliphatic carbocycles. The monoisotopic (exact) mass is 420 g/mol. The van der Waals surface area contributed by atoms with Crippen LogP contribution in [0, 0.1) is 5.82 Å². The molecule has 1 heterocycles. The van der Waals surface area contributed by atoms with Gasteiger partial charge in [-0.1, -0.05) is 29.5 Å². The molecule has 150 valence electrons. The van der Waals surface area contributed by atoms with Gasteiger partial charge in [0.2, 0.25) is 0 Å². The maximum Gasteiger partial charge on any atom is 0.257 e. The zero-order valence-electron chi connectivity index (χ0n) is 15.9. The van der Waals surface area contributed by atoms with Crippen molar-refractivity contribution in [2.75, 3.05) is 12.0 Å². The summed E-state index contributed by atoms with van der Waals surface area (Å²) in [5, 5.41) is 10.2. The van der Waals surface area contributed by atoms with Gasteiger partial charge in [-0.15, -0.1) is 0 Å². The van der Waals surface area contributed by atoms with Gasteiger partial charge >= 0.3 is 0 Å². The molecule has 30 heavy (non-hydrogen) atoms. The lowest BCUT2D eigenvalue weighted by molar-refractivity contribution is -0.113. The van der Waals surface area contributed by atoms with E-state index in [9.17, 15) is 14.3 Å². The molecule has 0 saturated carbocycles. The van der Waals surface area contributed by atoms with Crippen molar-refractivity contribution in [3.05, 3.63) is 84.2 Å². The number of amides is 1. The topological polar surface area (TPSA) is 62.7 Å². The Morgan fingerprint density at radius 3 is 2.63 bits per heavy atom. The smallest absolute Gasteiger partial charge is 0.257 e. The molecule has 1 aromatic heterocycles. The van der Waals surface area contributed by atoms with E-state index in [-0.39, 0.29) is 17.5 Å². The van der Waals surface area contributed by atoms with Crippen LogP contribution >= 0.6 is 11.3 Å². The maximum absolute atomic E-state index is 13.4. The number of thiazole rings is 1. The van der Waals surface area contributed by atoms with Crippen molar-refractivity contribution in [3.8, 4) is 11.5 Å². The Hall–Kier alpha value is -3.71. The van der Waals surface area contributed by atoms with Crippen molar-refractivity contribution in [2.45, 2.75) is 0 Å². The number of aromatic hydroxyl groups is 1. The van der Waals surface area contributed by atoms with Crippen molar-refractivity contribution in [2.24, 2.45) is 0 Å². The molecule has 4 rings (SSSR count). The third-order valence-electron chi connectivity index (χ3n) is 4.40. The minimum Gasteiger partial charge on any atom is -0.504 e. The number of methoxy groups -OCH3 is 1. The second kappa shape index (κ2) is 8.34. The van der Waals surface area contributed by atoms with Crippen molar-refractivity contribution in [1.29, 1.82) is 0 Å². The first-order chi connectivity index (χ1) is 14.5. The molecule has 3 aromatic carbocycles. The Morgan fingerprint density at radius 1 is 1.13 bits per heavy atom. The number of rotatable bonds is 5. The van der Waals surface area contributed by atoms with Gasteiger partial charge in [0.15, 0.2) is 16.6 Å². The summed E-state index contributed by atoms with van der Waals surface area (Å²) in [6.45, 7) is 0. The molecular formula is C23H17FN2O3S. The van der Waals surface area contributed by atoms with Crippen LogP contribution in [0.3, 0.4) is 0 Å². The number of para-hydroxylation sites is 1. The second-order valence-corrected chi connectivity index (χ2v) is 7.39. The number of carbonyl (C=O) groups is 1. The Bertz CT molecular complexity index is 1200. The van der Waals surface area contributed by atoms with Gasteiger partial charge in [0, 0.05) is 6.08 Å². The molecule has 0 atom stereocenters. The third kappa shape index (κ3) is 4.01. The Balaban J connectivity index is 1.71. The first kappa shape index (κ1) is 19.6. The van der Waals surface area contributed by atoms with E-state index < -0.39 is 0 Å². The first-order valence-electron chi connectivity index (χ1n) is 9.05. The highest BCUT2D eigenvalue weighted by Crippen LogP contribution is 2.34. The number of halogens is 1. The summed E-state index contributed by atoms with van der Waals surface area (Å²) in [6, 6.07) is 18.1. The summed E-state index contributed by atoms with van der Waals surface area (Å²) in [5.41, 5.74) is 1.97. The zero-order valence-corrected chi connectivity index (χ0v) is 16.8. The van der Waals surface area contributed by atoms with Gasteiger partial charge in [-0.3, -0.25) is 9.69 Å². The summed E-state index contributed by atoms with van der Waals surface area (Å²) >= 11 is 1.38. The summed E-state index contributed by atoms with van der Waals surface area (Å²) in [6.07, 6.45) is 3.02. The number of ether oxygens (including phenoxy) is 1. The molecule has 5 nitrogen and oxygen atoms in total. The summed E-state index contributed by atoms with van der Waals surface area (Å²) < 4.78 is 19.5. The molecule has 1 amide bonds. The second-order valence-electron chi connectivity index (χ2n) is 6.38. The maximum atomic E-state index is 13.4. The van der Waals surface area contributed by atoms with Crippen molar-refractivity contribution < 1.29 is 19.0 Å². The Kier molecular flexibility index (Phi) is 5.45. The molecule has 4 aromatic rings.